The molecular formula is C33H37N3O7. The van der Waals surface area contributed by atoms with Crippen LogP contribution in [0.3, 0.4) is 0 Å². The highest BCUT2D eigenvalue weighted by molar-refractivity contribution is 6.24. The van der Waals surface area contributed by atoms with Gasteiger partial charge in [0, 0.05) is 28.3 Å². The number of ketones is 2. The first kappa shape index (κ1) is 30.1. The second-order valence-corrected chi connectivity index (χ2v) is 12.9. The molecule has 1 fully saturated rings. The Labute approximate surface area is 249 Å². The Morgan fingerprint density at radius 2 is 1.70 bits per heavy atom. The summed E-state index contributed by atoms with van der Waals surface area (Å²) in [6, 6.07) is 9.65. The molecule has 0 unspecified atom stereocenters. The van der Waals surface area contributed by atoms with E-state index in [0.717, 1.165) is 22.5 Å². The number of hydrogen-bond donors (Lipinski definition) is 6. The van der Waals surface area contributed by atoms with Gasteiger partial charge in [0.15, 0.2) is 11.4 Å². The van der Waals surface area contributed by atoms with Gasteiger partial charge in [0.05, 0.1) is 11.6 Å². The maximum absolute atomic E-state index is 14.0. The third-order valence-electron chi connectivity index (χ3n) is 9.00. The van der Waals surface area contributed by atoms with Crippen molar-refractivity contribution in [3.63, 3.8) is 0 Å². The molecule has 0 bridgehead atoms. The summed E-state index contributed by atoms with van der Waals surface area (Å²) in [5, 5.41) is 48.4. The van der Waals surface area contributed by atoms with Crippen LogP contribution in [0, 0.1) is 17.3 Å². The lowest BCUT2D eigenvalue weighted by molar-refractivity contribution is -0.153. The third kappa shape index (κ3) is 4.52. The number of carbonyl (C=O) groups excluding carboxylic acids is 3. The number of anilines is 1. The SMILES string of the molecule is C=C(Nc1ccc(-c2ccc(O)c3c2C[C@H]2C[C@H]4[C@@H](N(C)C)C(=O)C(C(N)=O)=C(O)[C@@]4(O)C(=O)C2=C3O)cc1)C(C)(C)C. The molecule has 2 aromatic carbocycles. The molecule has 10 nitrogen and oxygen atoms in total. The van der Waals surface area contributed by atoms with Crippen LogP contribution in [-0.2, 0) is 20.8 Å². The fraction of sp³-hybridized carbons (Fsp3) is 0.364. The molecule has 5 rings (SSSR count). The van der Waals surface area contributed by atoms with E-state index >= 15 is 0 Å². The highest BCUT2D eigenvalue weighted by atomic mass is 16.3. The van der Waals surface area contributed by atoms with Crippen molar-refractivity contribution in [2.75, 3.05) is 19.4 Å². The number of rotatable bonds is 5. The number of fused-ring (bicyclic) bond motifs is 3. The van der Waals surface area contributed by atoms with Gasteiger partial charge in [0.1, 0.15) is 22.8 Å². The molecule has 10 heteroatoms. The summed E-state index contributed by atoms with van der Waals surface area (Å²) in [4.78, 5) is 40.9. The van der Waals surface area contributed by atoms with Crippen LogP contribution in [0.25, 0.3) is 16.9 Å². The Hall–Kier alpha value is -4.41. The number of nitrogens with two attached hydrogens (primary N) is 1. The summed E-state index contributed by atoms with van der Waals surface area (Å²) in [5.74, 6) is -6.76. The first-order chi connectivity index (χ1) is 20.0. The number of allylic oxidation sites excluding steroid dienone is 1. The van der Waals surface area contributed by atoms with E-state index in [1.54, 1.807) is 20.2 Å². The molecule has 4 atom stereocenters. The maximum atomic E-state index is 14.0. The maximum Gasteiger partial charge on any atom is 0.255 e. The van der Waals surface area contributed by atoms with Crippen molar-refractivity contribution in [1.29, 1.82) is 0 Å². The number of nitrogens with zero attached hydrogens (tertiary/aromatic N) is 1. The quantitative estimate of drug-likeness (QED) is 0.286. The first-order valence-electron chi connectivity index (χ1n) is 14.1. The summed E-state index contributed by atoms with van der Waals surface area (Å²) in [5.41, 5.74) is 5.45. The summed E-state index contributed by atoms with van der Waals surface area (Å²) in [6.45, 7) is 10.3. The third-order valence-corrected chi connectivity index (χ3v) is 9.00. The number of benzene rings is 2. The molecule has 43 heavy (non-hydrogen) atoms. The lowest BCUT2D eigenvalue weighted by Crippen LogP contribution is -2.65. The van der Waals surface area contributed by atoms with Gasteiger partial charge in [-0.2, -0.15) is 0 Å². The van der Waals surface area contributed by atoms with E-state index in [-0.39, 0.29) is 35.1 Å². The average molecular weight is 588 g/mol. The largest absolute Gasteiger partial charge is 0.508 e. The van der Waals surface area contributed by atoms with E-state index in [4.69, 9.17) is 5.73 Å². The predicted molar refractivity (Wildman–Crippen MR) is 162 cm³/mol. The molecule has 0 heterocycles. The molecule has 7 N–H and O–H groups in total. The predicted octanol–water partition coefficient (Wildman–Crippen LogP) is 3.60. The summed E-state index contributed by atoms with van der Waals surface area (Å²) in [6.07, 6.45) is 0.234. The second kappa shape index (κ2) is 10.1. The number of phenols is 1. The van der Waals surface area contributed by atoms with Crippen LogP contribution in [0.5, 0.6) is 5.75 Å². The molecule has 1 saturated carbocycles. The van der Waals surface area contributed by atoms with Gasteiger partial charge < -0.3 is 31.5 Å². The Kier molecular flexibility index (Phi) is 7.06. The Morgan fingerprint density at radius 1 is 1.07 bits per heavy atom. The summed E-state index contributed by atoms with van der Waals surface area (Å²) in [7, 11) is 3.14. The van der Waals surface area contributed by atoms with Gasteiger partial charge in [-0.25, -0.2) is 0 Å². The first-order valence-corrected chi connectivity index (χ1v) is 14.1. The highest BCUT2D eigenvalue weighted by Crippen LogP contribution is 2.53. The molecule has 0 aliphatic heterocycles. The van der Waals surface area contributed by atoms with Gasteiger partial charge in [0.2, 0.25) is 5.78 Å². The van der Waals surface area contributed by atoms with Gasteiger partial charge in [-0.05, 0) is 67.7 Å². The van der Waals surface area contributed by atoms with Gasteiger partial charge in [-0.3, -0.25) is 19.3 Å². The zero-order valence-corrected chi connectivity index (χ0v) is 24.9. The number of primary amides is 1. The van der Waals surface area contributed by atoms with Crippen molar-refractivity contribution < 1.29 is 34.8 Å². The Bertz CT molecular complexity index is 1650. The van der Waals surface area contributed by atoms with E-state index in [2.05, 4.69) is 32.7 Å². The lowest BCUT2D eigenvalue weighted by Gasteiger charge is -2.50. The number of hydrogen-bond acceptors (Lipinski definition) is 9. The second-order valence-electron chi connectivity index (χ2n) is 12.9. The minimum Gasteiger partial charge on any atom is -0.508 e. The standard InChI is InChI=1S/C33H37N3O7/c1-15(32(2,3)4)35-18-9-7-16(8-10-18)19-11-12-22(37)24-20(19)13-17-14-21-26(36(5)6)28(39)25(31(34)42)30(41)33(21,43)29(40)23(17)27(24)38/h7-12,17,21,26,35,37-38,41,43H,1,13-14H2,2-6H3,(H2,34,42)/t17-,21-,26+,33-/m0/s1. The topological polar surface area (TPSA) is 173 Å². The zero-order valence-electron chi connectivity index (χ0n) is 24.9. The monoisotopic (exact) mass is 587 g/mol. The van der Waals surface area contributed by atoms with Crippen LogP contribution in [0.4, 0.5) is 5.69 Å². The van der Waals surface area contributed by atoms with E-state index in [1.165, 1.54) is 11.0 Å². The Balaban J connectivity index is 1.62. The number of carbonyl (C=O) groups is 3. The number of likely N-dealkylation sites (N-methyl/N-ethyl adjacent to an activating group) is 1. The van der Waals surface area contributed by atoms with Crippen molar-refractivity contribution >= 4 is 28.9 Å². The molecule has 2 aromatic rings. The van der Waals surface area contributed by atoms with Gasteiger partial charge in [0.25, 0.3) is 5.91 Å². The molecule has 0 saturated heterocycles. The van der Waals surface area contributed by atoms with E-state index in [1.807, 2.05) is 24.3 Å². The number of nitrogens with one attached hydrogen (secondary N) is 1. The Morgan fingerprint density at radius 3 is 2.26 bits per heavy atom. The van der Waals surface area contributed by atoms with Crippen LogP contribution < -0.4 is 11.1 Å². The van der Waals surface area contributed by atoms with Crippen molar-refractivity contribution in [1.82, 2.24) is 4.90 Å². The molecular weight excluding hydrogens is 550 g/mol. The van der Waals surface area contributed by atoms with E-state index < -0.39 is 58.0 Å². The summed E-state index contributed by atoms with van der Waals surface area (Å²) >= 11 is 0. The van der Waals surface area contributed by atoms with Gasteiger partial charge in [-0.1, -0.05) is 45.5 Å². The average Bonchev–Trinajstić information content (AvgIpc) is 2.90. The number of phenolic OH excluding ortho intramolecular Hbond substituents is 1. The van der Waals surface area contributed by atoms with Crippen LogP contribution in [0.2, 0.25) is 0 Å². The number of aliphatic hydroxyl groups is 3. The minimum atomic E-state index is -2.67. The highest BCUT2D eigenvalue weighted by Gasteiger charge is 2.64. The van der Waals surface area contributed by atoms with Crippen molar-refractivity contribution in [3.05, 3.63) is 76.7 Å². The molecule has 0 radical (unpaired) electrons. The number of aliphatic hydroxyl groups excluding tert-OH is 2. The molecule has 1 amide bonds. The zero-order chi connectivity index (χ0) is 31.8. The molecule has 0 aromatic heterocycles. The van der Waals surface area contributed by atoms with Crippen LogP contribution in [-0.4, -0.2) is 68.5 Å². The fourth-order valence-electron chi connectivity index (χ4n) is 6.61. The number of aromatic hydroxyl groups is 1. The molecule has 3 aliphatic rings. The van der Waals surface area contributed by atoms with Crippen molar-refractivity contribution in [2.24, 2.45) is 23.0 Å². The van der Waals surface area contributed by atoms with Gasteiger partial charge in [-0.15, -0.1) is 0 Å². The van der Waals surface area contributed by atoms with E-state index in [0.29, 0.717) is 5.56 Å². The normalized spacial score (nSPS) is 25.3. The van der Waals surface area contributed by atoms with Crippen molar-refractivity contribution in [2.45, 2.75) is 45.3 Å². The molecule has 226 valence electrons. The van der Waals surface area contributed by atoms with Crippen molar-refractivity contribution in [3.8, 4) is 16.9 Å². The number of amides is 1. The van der Waals surface area contributed by atoms with Crippen LogP contribution >= 0.6 is 0 Å². The summed E-state index contributed by atoms with van der Waals surface area (Å²) < 4.78 is 0. The van der Waals surface area contributed by atoms with Crippen LogP contribution in [0.15, 0.2) is 65.6 Å². The van der Waals surface area contributed by atoms with Gasteiger partial charge >= 0.3 is 0 Å². The van der Waals surface area contributed by atoms with E-state index in [9.17, 15) is 34.8 Å². The fourth-order valence-corrected chi connectivity index (χ4v) is 6.61. The smallest absolute Gasteiger partial charge is 0.255 e. The lowest BCUT2D eigenvalue weighted by atomic mass is 9.57. The number of Topliss-reactive ketones (excluding diaryl/α,β-unsaturated/α-hetero) is 2. The van der Waals surface area contributed by atoms with Crippen LogP contribution in [0.1, 0.15) is 38.3 Å². The molecule has 0 spiro atoms. The minimum absolute atomic E-state index is 0.0264. The molecule has 3 aliphatic carbocycles.